The van der Waals surface area contributed by atoms with Gasteiger partial charge in [0.25, 0.3) is 0 Å². The van der Waals surface area contributed by atoms with Gasteiger partial charge in [-0.05, 0) is 25.3 Å². The van der Waals surface area contributed by atoms with Gasteiger partial charge < -0.3 is 9.47 Å². The van der Waals surface area contributed by atoms with Gasteiger partial charge in [-0.1, -0.05) is 19.4 Å². The first-order valence-corrected chi connectivity index (χ1v) is 7.44. The number of hydrogen-bond acceptors (Lipinski definition) is 6. The van der Waals surface area contributed by atoms with E-state index in [9.17, 15) is 15.8 Å². The lowest BCUT2D eigenvalue weighted by Gasteiger charge is -2.49. The van der Waals surface area contributed by atoms with Crippen molar-refractivity contribution in [1.29, 1.82) is 21.2 Å². The predicted octanol–water partition coefficient (Wildman–Crippen LogP) is 2.40. The molecule has 0 aromatic heterocycles. The molecule has 1 N–H and O–H groups in total. The third kappa shape index (κ3) is 1.33. The monoisotopic (exact) mass is 296 g/mol. The van der Waals surface area contributed by atoms with E-state index in [-0.39, 0.29) is 5.90 Å². The lowest BCUT2D eigenvalue weighted by molar-refractivity contribution is -0.256. The van der Waals surface area contributed by atoms with Crippen LogP contribution in [0.2, 0.25) is 0 Å². The summed E-state index contributed by atoms with van der Waals surface area (Å²) >= 11 is 0. The van der Waals surface area contributed by atoms with Crippen molar-refractivity contribution in [3.05, 3.63) is 12.2 Å². The zero-order valence-corrected chi connectivity index (χ0v) is 12.3. The summed E-state index contributed by atoms with van der Waals surface area (Å²) in [6.07, 6.45) is 5.33. The van der Waals surface area contributed by atoms with Crippen LogP contribution in [0.1, 0.15) is 32.6 Å². The fourth-order valence-electron chi connectivity index (χ4n) is 4.11. The molecule has 0 aromatic rings. The lowest BCUT2D eigenvalue weighted by Crippen LogP contribution is -2.62. The van der Waals surface area contributed by atoms with Gasteiger partial charge in [0.05, 0.1) is 30.2 Å². The molecule has 2 fully saturated rings. The Morgan fingerprint density at radius 1 is 1.32 bits per heavy atom. The van der Waals surface area contributed by atoms with Crippen molar-refractivity contribution in [2.24, 2.45) is 16.7 Å². The molecule has 6 heteroatoms. The zero-order valence-electron chi connectivity index (χ0n) is 12.3. The van der Waals surface area contributed by atoms with Crippen molar-refractivity contribution in [2.45, 2.75) is 44.5 Å². The van der Waals surface area contributed by atoms with Crippen LogP contribution in [0.25, 0.3) is 0 Å². The summed E-state index contributed by atoms with van der Waals surface area (Å²) in [6.45, 7) is 1.93. The number of allylic oxidation sites excluding steroid dienone is 1. The molecular weight excluding hydrogens is 280 g/mol. The normalized spacial score (nSPS) is 40.7. The van der Waals surface area contributed by atoms with E-state index in [0.717, 1.165) is 0 Å². The zero-order chi connectivity index (χ0) is 16.0. The smallest absolute Gasteiger partial charge is 0.237 e. The van der Waals surface area contributed by atoms with Crippen LogP contribution in [-0.4, -0.2) is 17.8 Å². The van der Waals surface area contributed by atoms with Crippen LogP contribution in [-0.2, 0) is 9.47 Å². The summed E-state index contributed by atoms with van der Waals surface area (Å²) in [5, 5.41) is 37.7. The van der Waals surface area contributed by atoms with Crippen LogP contribution in [0.3, 0.4) is 0 Å². The molecule has 2 heterocycles. The molecule has 2 aliphatic heterocycles. The van der Waals surface area contributed by atoms with Crippen molar-refractivity contribution in [3.8, 4) is 18.2 Å². The molecule has 0 radical (unpaired) electrons. The number of nitriles is 3. The van der Waals surface area contributed by atoms with Gasteiger partial charge in [0.2, 0.25) is 11.7 Å². The maximum Gasteiger partial charge on any atom is 0.237 e. The van der Waals surface area contributed by atoms with Gasteiger partial charge in [0.1, 0.15) is 0 Å². The van der Waals surface area contributed by atoms with Crippen LogP contribution < -0.4 is 0 Å². The van der Waals surface area contributed by atoms with Crippen molar-refractivity contribution in [3.63, 3.8) is 0 Å². The van der Waals surface area contributed by atoms with Gasteiger partial charge in [0.15, 0.2) is 10.8 Å². The van der Waals surface area contributed by atoms with Crippen LogP contribution in [0.15, 0.2) is 12.2 Å². The standard InChI is InChI=1S/C16H16N4O2/c1-2-5-12-14(8-17,9-18)15(10-19)11-6-3-4-7-16(11,21-12)22-13(15)20/h4,7,11-12,20H,2-3,5-6H2,1H3. The molecule has 112 valence electrons. The maximum absolute atomic E-state index is 9.91. The Morgan fingerprint density at radius 3 is 2.64 bits per heavy atom. The summed E-state index contributed by atoms with van der Waals surface area (Å²) in [4.78, 5) is 0. The summed E-state index contributed by atoms with van der Waals surface area (Å²) in [6, 6.07) is 6.18. The van der Waals surface area contributed by atoms with Crippen LogP contribution in [0.5, 0.6) is 0 Å². The molecule has 0 amide bonds. The Kier molecular flexibility index (Phi) is 3.02. The number of nitrogens with zero attached hydrogens (tertiary/aromatic N) is 3. The topological polar surface area (TPSA) is 114 Å². The Hall–Kier alpha value is -2.36. The molecule has 22 heavy (non-hydrogen) atoms. The van der Waals surface area contributed by atoms with Gasteiger partial charge in [-0.25, -0.2) is 0 Å². The maximum atomic E-state index is 9.91. The van der Waals surface area contributed by atoms with E-state index >= 15 is 0 Å². The molecule has 0 saturated carbocycles. The average Bonchev–Trinajstić information content (AvgIpc) is 2.74. The van der Waals surface area contributed by atoms with Gasteiger partial charge in [-0.3, -0.25) is 5.41 Å². The van der Waals surface area contributed by atoms with Crippen molar-refractivity contribution in [2.75, 3.05) is 0 Å². The second kappa shape index (κ2) is 4.57. The van der Waals surface area contributed by atoms with Gasteiger partial charge in [-0.15, -0.1) is 0 Å². The first-order chi connectivity index (χ1) is 10.6. The minimum absolute atomic E-state index is 0.312. The predicted molar refractivity (Wildman–Crippen MR) is 74.9 cm³/mol. The van der Waals surface area contributed by atoms with Crippen molar-refractivity contribution >= 4 is 5.90 Å². The summed E-state index contributed by atoms with van der Waals surface area (Å²) < 4.78 is 11.7. The molecule has 6 nitrogen and oxygen atoms in total. The highest BCUT2D eigenvalue weighted by Crippen LogP contribution is 2.65. The fraction of sp³-hybridized carbons (Fsp3) is 0.625. The van der Waals surface area contributed by atoms with Crippen LogP contribution in [0, 0.1) is 56.2 Å². The van der Waals surface area contributed by atoms with Gasteiger partial charge in [0, 0.05) is 0 Å². The Bertz CT molecular complexity index is 666. The molecule has 3 aliphatic rings. The third-order valence-corrected chi connectivity index (χ3v) is 5.11. The average molecular weight is 296 g/mol. The quantitative estimate of drug-likeness (QED) is 0.786. The molecular formula is C16H16N4O2. The molecule has 4 unspecified atom stereocenters. The van der Waals surface area contributed by atoms with E-state index in [1.165, 1.54) is 0 Å². The Labute approximate surface area is 129 Å². The first-order valence-electron chi connectivity index (χ1n) is 7.44. The van der Waals surface area contributed by atoms with E-state index in [0.29, 0.717) is 25.7 Å². The van der Waals surface area contributed by atoms with Crippen LogP contribution in [0.4, 0.5) is 0 Å². The van der Waals surface area contributed by atoms with E-state index in [1.54, 1.807) is 6.08 Å². The van der Waals surface area contributed by atoms with E-state index in [4.69, 9.17) is 14.9 Å². The molecule has 2 bridgehead atoms. The number of rotatable bonds is 2. The van der Waals surface area contributed by atoms with Crippen molar-refractivity contribution in [1.82, 2.24) is 0 Å². The van der Waals surface area contributed by atoms with E-state index in [2.05, 4.69) is 6.07 Å². The second-order valence-electron chi connectivity index (χ2n) is 6.03. The van der Waals surface area contributed by atoms with Gasteiger partial charge in [-0.2, -0.15) is 15.8 Å². The Morgan fingerprint density at radius 2 is 2.05 bits per heavy atom. The number of ether oxygens (including phenoxy) is 2. The first kappa shape index (κ1) is 14.6. The molecule has 2 saturated heterocycles. The molecule has 3 rings (SSSR count). The summed E-state index contributed by atoms with van der Waals surface area (Å²) in [5.74, 6) is -1.99. The SMILES string of the molecule is CCCC1OC23C=CCCC2C(C#N)(C(=N)O3)C1(C#N)C#N. The number of hydrogen-bond donors (Lipinski definition) is 1. The lowest BCUT2D eigenvalue weighted by atomic mass is 9.52. The largest absolute Gasteiger partial charge is 0.444 e. The minimum atomic E-state index is -1.72. The van der Waals surface area contributed by atoms with Crippen molar-refractivity contribution < 1.29 is 9.47 Å². The summed E-state index contributed by atoms with van der Waals surface area (Å²) in [5.41, 5.74) is -3.29. The highest BCUT2D eigenvalue weighted by atomic mass is 16.7. The number of nitrogens with one attached hydrogen (secondary N) is 1. The fourth-order valence-corrected chi connectivity index (χ4v) is 4.11. The third-order valence-electron chi connectivity index (χ3n) is 5.11. The van der Waals surface area contributed by atoms with E-state index < -0.39 is 28.6 Å². The van der Waals surface area contributed by atoms with Crippen LogP contribution >= 0.6 is 0 Å². The molecule has 0 spiro atoms. The molecule has 1 aliphatic carbocycles. The Balaban J connectivity index is 2.29. The highest BCUT2D eigenvalue weighted by Gasteiger charge is 2.79. The summed E-state index contributed by atoms with van der Waals surface area (Å²) in [7, 11) is 0. The highest BCUT2D eigenvalue weighted by molar-refractivity contribution is 5.89. The molecule has 4 atom stereocenters. The molecule has 0 aromatic carbocycles. The second-order valence-corrected chi connectivity index (χ2v) is 6.03. The minimum Gasteiger partial charge on any atom is -0.444 e. The van der Waals surface area contributed by atoms with Gasteiger partial charge >= 0.3 is 0 Å². The van der Waals surface area contributed by atoms with E-state index in [1.807, 2.05) is 25.1 Å².